The Morgan fingerprint density at radius 2 is 1.81 bits per heavy atom. The first-order chi connectivity index (χ1) is 9.88. The van der Waals surface area contributed by atoms with Crippen molar-refractivity contribution in [1.29, 1.82) is 0 Å². The second kappa shape index (κ2) is 6.93. The highest BCUT2D eigenvalue weighted by atomic mass is 16.3. The monoisotopic (exact) mass is 289 g/mol. The van der Waals surface area contributed by atoms with Crippen molar-refractivity contribution < 1.29 is 5.11 Å². The summed E-state index contributed by atoms with van der Waals surface area (Å²) in [6.07, 6.45) is 4.86. The standard InChI is InChI=1S/C19H31NO/c1-13-7-6-8-17(11-13)20(5)12-18(21)19-15(3)9-14(2)10-16(19)4/h9-10,13,17-18,21H,6-8,11-12H2,1-5H3. The molecule has 1 aliphatic carbocycles. The maximum Gasteiger partial charge on any atom is 0.0922 e. The van der Waals surface area contributed by atoms with Crippen molar-refractivity contribution in [3.05, 3.63) is 34.4 Å². The van der Waals surface area contributed by atoms with Gasteiger partial charge in [-0.25, -0.2) is 0 Å². The maximum absolute atomic E-state index is 10.7. The molecule has 0 saturated heterocycles. The molecule has 21 heavy (non-hydrogen) atoms. The summed E-state index contributed by atoms with van der Waals surface area (Å²) in [5, 5.41) is 10.7. The molecule has 1 aromatic rings. The van der Waals surface area contributed by atoms with Crippen LogP contribution in [-0.4, -0.2) is 29.6 Å². The molecular weight excluding hydrogens is 258 g/mol. The van der Waals surface area contributed by atoms with Crippen LogP contribution in [0.5, 0.6) is 0 Å². The van der Waals surface area contributed by atoms with Crippen molar-refractivity contribution in [3.8, 4) is 0 Å². The summed E-state index contributed by atoms with van der Waals surface area (Å²) >= 11 is 0. The van der Waals surface area contributed by atoms with Crippen molar-refractivity contribution in [2.75, 3.05) is 13.6 Å². The van der Waals surface area contributed by atoms with E-state index < -0.39 is 0 Å². The summed E-state index contributed by atoms with van der Waals surface area (Å²) in [4.78, 5) is 2.37. The zero-order valence-corrected chi connectivity index (χ0v) is 14.3. The Bertz CT molecular complexity index is 459. The zero-order valence-electron chi connectivity index (χ0n) is 14.3. The average Bonchev–Trinajstić information content (AvgIpc) is 2.37. The number of aliphatic hydroxyl groups is 1. The molecule has 0 spiro atoms. The zero-order chi connectivity index (χ0) is 15.6. The van der Waals surface area contributed by atoms with E-state index in [1.54, 1.807) is 0 Å². The molecule has 0 radical (unpaired) electrons. The normalized spacial score (nSPS) is 24.3. The minimum Gasteiger partial charge on any atom is -0.387 e. The van der Waals surface area contributed by atoms with Gasteiger partial charge in [-0.1, -0.05) is 37.5 Å². The number of nitrogens with zero attached hydrogens (tertiary/aromatic N) is 1. The van der Waals surface area contributed by atoms with Crippen LogP contribution in [0.1, 0.15) is 61.0 Å². The average molecular weight is 289 g/mol. The van der Waals surface area contributed by atoms with E-state index in [9.17, 15) is 5.11 Å². The molecule has 1 saturated carbocycles. The van der Waals surface area contributed by atoms with Gasteiger partial charge in [-0.3, -0.25) is 0 Å². The van der Waals surface area contributed by atoms with E-state index in [0.29, 0.717) is 6.04 Å². The molecule has 2 rings (SSSR count). The fourth-order valence-corrected chi connectivity index (χ4v) is 4.03. The highest BCUT2D eigenvalue weighted by molar-refractivity contribution is 5.39. The minimum atomic E-state index is -0.382. The highest BCUT2D eigenvalue weighted by Crippen LogP contribution is 2.29. The molecular formula is C19H31NO. The van der Waals surface area contributed by atoms with Crippen LogP contribution in [-0.2, 0) is 0 Å². The van der Waals surface area contributed by atoms with Crippen LogP contribution >= 0.6 is 0 Å². The Labute approximate surface area is 130 Å². The molecule has 3 unspecified atom stereocenters. The van der Waals surface area contributed by atoms with Gasteiger partial charge in [0.15, 0.2) is 0 Å². The van der Waals surface area contributed by atoms with Crippen LogP contribution in [0, 0.1) is 26.7 Å². The van der Waals surface area contributed by atoms with E-state index in [1.165, 1.54) is 42.4 Å². The Hall–Kier alpha value is -0.860. The van der Waals surface area contributed by atoms with E-state index in [2.05, 4.69) is 51.8 Å². The second-order valence-corrected chi connectivity index (χ2v) is 7.19. The lowest BCUT2D eigenvalue weighted by molar-refractivity contribution is 0.0824. The van der Waals surface area contributed by atoms with Crippen LogP contribution in [0.3, 0.4) is 0 Å². The highest BCUT2D eigenvalue weighted by Gasteiger charge is 2.25. The van der Waals surface area contributed by atoms with Crippen molar-refractivity contribution in [3.63, 3.8) is 0 Å². The van der Waals surface area contributed by atoms with Gasteiger partial charge in [-0.15, -0.1) is 0 Å². The van der Waals surface area contributed by atoms with Crippen molar-refractivity contribution in [2.24, 2.45) is 5.92 Å². The van der Waals surface area contributed by atoms with Crippen LogP contribution in [0.4, 0.5) is 0 Å². The summed E-state index contributed by atoms with van der Waals surface area (Å²) < 4.78 is 0. The van der Waals surface area contributed by atoms with Gasteiger partial charge >= 0.3 is 0 Å². The topological polar surface area (TPSA) is 23.5 Å². The molecule has 118 valence electrons. The predicted molar refractivity (Wildman–Crippen MR) is 89.7 cm³/mol. The molecule has 3 atom stereocenters. The molecule has 1 N–H and O–H groups in total. The Morgan fingerprint density at radius 3 is 2.38 bits per heavy atom. The summed E-state index contributed by atoms with van der Waals surface area (Å²) in [7, 11) is 2.17. The molecule has 1 aromatic carbocycles. The predicted octanol–water partition coefficient (Wildman–Crippen LogP) is 4.16. The molecule has 1 fully saturated rings. The second-order valence-electron chi connectivity index (χ2n) is 7.19. The fraction of sp³-hybridized carbons (Fsp3) is 0.684. The van der Waals surface area contributed by atoms with Gasteiger partial charge in [-0.2, -0.15) is 0 Å². The minimum absolute atomic E-state index is 0.382. The van der Waals surface area contributed by atoms with Gasteiger partial charge in [0.05, 0.1) is 6.10 Å². The summed E-state index contributed by atoms with van der Waals surface area (Å²) in [6, 6.07) is 4.98. The first kappa shape index (κ1) is 16.5. The van der Waals surface area contributed by atoms with E-state index in [0.717, 1.165) is 18.0 Å². The fourth-order valence-electron chi connectivity index (χ4n) is 4.03. The number of benzene rings is 1. The molecule has 0 aromatic heterocycles. The third-order valence-corrected chi connectivity index (χ3v) is 5.06. The van der Waals surface area contributed by atoms with Crippen LogP contribution in [0.15, 0.2) is 12.1 Å². The number of hydrogen-bond acceptors (Lipinski definition) is 2. The molecule has 0 heterocycles. The summed E-state index contributed by atoms with van der Waals surface area (Å²) in [5.74, 6) is 0.825. The van der Waals surface area contributed by atoms with Gasteiger partial charge in [0.2, 0.25) is 0 Å². The largest absolute Gasteiger partial charge is 0.387 e. The van der Waals surface area contributed by atoms with Crippen molar-refractivity contribution in [2.45, 2.75) is 65.5 Å². The van der Waals surface area contributed by atoms with Crippen LogP contribution in [0.25, 0.3) is 0 Å². The Kier molecular flexibility index (Phi) is 5.45. The number of aliphatic hydroxyl groups excluding tert-OH is 1. The summed E-state index contributed by atoms with van der Waals surface area (Å²) in [6.45, 7) is 9.43. The number of rotatable bonds is 4. The van der Waals surface area contributed by atoms with E-state index >= 15 is 0 Å². The molecule has 0 aliphatic heterocycles. The molecule has 2 heteroatoms. The number of aryl methyl sites for hydroxylation is 3. The Morgan fingerprint density at radius 1 is 1.19 bits per heavy atom. The Balaban J connectivity index is 2.05. The molecule has 0 amide bonds. The smallest absolute Gasteiger partial charge is 0.0922 e. The van der Waals surface area contributed by atoms with Crippen molar-refractivity contribution >= 4 is 0 Å². The maximum atomic E-state index is 10.7. The van der Waals surface area contributed by atoms with Crippen molar-refractivity contribution in [1.82, 2.24) is 4.90 Å². The van der Waals surface area contributed by atoms with Gasteiger partial charge in [0.1, 0.15) is 0 Å². The lowest BCUT2D eigenvalue weighted by Gasteiger charge is -2.35. The van der Waals surface area contributed by atoms with E-state index in [1.807, 2.05) is 0 Å². The SMILES string of the molecule is Cc1cc(C)c(C(O)CN(C)C2CCCC(C)C2)c(C)c1. The lowest BCUT2D eigenvalue weighted by Crippen LogP contribution is -2.38. The quantitative estimate of drug-likeness (QED) is 0.900. The molecule has 2 nitrogen and oxygen atoms in total. The van der Waals surface area contributed by atoms with Gasteiger partial charge in [-0.05, 0) is 63.3 Å². The van der Waals surface area contributed by atoms with Gasteiger partial charge in [0, 0.05) is 12.6 Å². The van der Waals surface area contributed by atoms with Gasteiger partial charge in [0.25, 0.3) is 0 Å². The lowest BCUT2D eigenvalue weighted by atomic mass is 9.86. The first-order valence-electron chi connectivity index (χ1n) is 8.34. The third kappa shape index (κ3) is 4.08. The van der Waals surface area contributed by atoms with E-state index in [4.69, 9.17) is 0 Å². The van der Waals surface area contributed by atoms with Gasteiger partial charge < -0.3 is 10.0 Å². The summed E-state index contributed by atoms with van der Waals surface area (Å²) in [5.41, 5.74) is 4.82. The number of hydrogen-bond donors (Lipinski definition) is 1. The first-order valence-corrected chi connectivity index (χ1v) is 8.34. The molecule has 0 bridgehead atoms. The number of likely N-dealkylation sites (N-methyl/N-ethyl adjacent to an activating group) is 1. The third-order valence-electron chi connectivity index (χ3n) is 5.06. The molecule has 1 aliphatic rings. The van der Waals surface area contributed by atoms with Crippen LogP contribution < -0.4 is 0 Å². The van der Waals surface area contributed by atoms with E-state index in [-0.39, 0.29) is 6.10 Å². The van der Waals surface area contributed by atoms with Crippen LogP contribution in [0.2, 0.25) is 0 Å².